The minimum Gasteiger partial charge on any atom is -0.311 e. The number of hydrogen-bond donors (Lipinski definition) is 1. The van der Waals surface area contributed by atoms with Crippen LogP contribution >= 0.6 is 11.3 Å². The molecule has 3 aromatic rings. The fourth-order valence-electron chi connectivity index (χ4n) is 1.95. The second-order valence-corrected chi connectivity index (χ2v) is 5.64. The van der Waals surface area contributed by atoms with E-state index < -0.39 is 0 Å². The Morgan fingerprint density at radius 3 is 2.91 bits per heavy atom. The molecule has 0 aliphatic heterocycles. The molecule has 0 radical (unpaired) electrons. The molecule has 3 aromatic heterocycles. The molecule has 112 valence electrons. The highest BCUT2D eigenvalue weighted by molar-refractivity contribution is 7.13. The van der Waals surface area contributed by atoms with Crippen LogP contribution in [-0.4, -0.2) is 25.7 Å². The summed E-state index contributed by atoms with van der Waals surface area (Å²) in [4.78, 5) is 21.7. The lowest BCUT2D eigenvalue weighted by Crippen LogP contribution is -2.12. The number of anilines is 1. The van der Waals surface area contributed by atoms with Crippen LogP contribution in [-0.2, 0) is 4.79 Å². The van der Waals surface area contributed by atoms with Gasteiger partial charge in [-0.05, 0) is 30.0 Å². The van der Waals surface area contributed by atoms with Crippen LogP contribution in [0.25, 0.3) is 16.5 Å². The van der Waals surface area contributed by atoms with Crippen molar-refractivity contribution < 1.29 is 4.79 Å². The van der Waals surface area contributed by atoms with E-state index in [9.17, 15) is 4.79 Å². The van der Waals surface area contributed by atoms with Gasteiger partial charge in [-0.3, -0.25) is 4.79 Å². The van der Waals surface area contributed by atoms with Gasteiger partial charge in [0.05, 0.1) is 4.88 Å². The number of hydrogen-bond acceptors (Lipinski definition) is 5. The molecule has 0 aliphatic rings. The number of aryl methyl sites for hydroxylation is 1. The van der Waals surface area contributed by atoms with Gasteiger partial charge in [-0.2, -0.15) is 5.10 Å². The zero-order valence-electron chi connectivity index (χ0n) is 12.3. The Kier molecular flexibility index (Phi) is 3.97. The molecule has 6 nitrogen and oxygen atoms in total. The van der Waals surface area contributed by atoms with Gasteiger partial charge >= 0.3 is 0 Å². The Morgan fingerprint density at radius 1 is 1.41 bits per heavy atom. The molecule has 0 fully saturated rings. The van der Waals surface area contributed by atoms with Gasteiger partial charge in [0.1, 0.15) is 5.82 Å². The van der Waals surface area contributed by atoms with Crippen molar-refractivity contribution in [3.8, 4) is 16.5 Å². The summed E-state index contributed by atoms with van der Waals surface area (Å²) < 4.78 is 1.65. The molecule has 0 atom stereocenters. The first-order valence-electron chi connectivity index (χ1n) is 6.91. The summed E-state index contributed by atoms with van der Waals surface area (Å²) in [5.74, 6) is 1.61. The topological polar surface area (TPSA) is 72.7 Å². The maximum absolute atomic E-state index is 11.7. The Labute approximate surface area is 131 Å². The van der Waals surface area contributed by atoms with Crippen LogP contribution < -0.4 is 5.32 Å². The molecule has 0 unspecified atom stereocenters. The van der Waals surface area contributed by atoms with Crippen LogP contribution in [0.15, 0.2) is 36.0 Å². The van der Waals surface area contributed by atoms with Gasteiger partial charge in [-0.25, -0.2) is 14.6 Å². The summed E-state index contributed by atoms with van der Waals surface area (Å²) in [5.41, 5.74) is 1.11. The van der Waals surface area contributed by atoms with E-state index in [2.05, 4.69) is 20.4 Å². The maximum atomic E-state index is 11.7. The monoisotopic (exact) mass is 313 g/mol. The lowest BCUT2D eigenvalue weighted by atomic mass is 10.3. The summed E-state index contributed by atoms with van der Waals surface area (Å²) in [6.45, 7) is 3.81. The molecule has 3 heterocycles. The lowest BCUT2D eigenvalue weighted by Gasteiger charge is -2.08. The van der Waals surface area contributed by atoms with E-state index >= 15 is 0 Å². The molecule has 1 amide bonds. The van der Waals surface area contributed by atoms with Gasteiger partial charge in [0.25, 0.3) is 0 Å². The van der Waals surface area contributed by atoms with Crippen molar-refractivity contribution in [2.45, 2.75) is 20.3 Å². The summed E-state index contributed by atoms with van der Waals surface area (Å²) in [5, 5.41) is 8.98. The predicted octanol–water partition coefficient (Wildman–Crippen LogP) is 3.05. The SMILES string of the molecule is CCC(=O)Nc1cc(-n2cccn2)nc(-c2sccc2C)n1. The molecule has 0 aliphatic carbocycles. The number of aromatic nitrogens is 4. The first-order chi connectivity index (χ1) is 10.7. The fourth-order valence-corrected chi connectivity index (χ4v) is 2.81. The summed E-state index contributed by atoms with van der Waals surface area (Å²) in [6.07, 6.45) is 3.88. The fraction of sp³-hybridized carbons (Fsp3) is 0.200. The van der Waals surface area contributed by atoms with Crippen LogP contribution in [0.1, 0.15) is 18.9 Å². The third-order valence-electron chi connectivity index (χ3n) is 3.11. The highest BCUT2D eigenvalue weighted by atomic mass is 32.1. The minimum absolute atomic E-state index is 0.0843. The number of rotatable bonds is 4. The molecule has 0 saturated heterocycles. The molecule has 0 saturated carbocycles. The van der Waals surface area contributed by atoms with E-state index in [0.717, 1.165) is 10.4 Å². The highest BCUT2D eigenvalue weighted by Crippen LogP contribution is 2.27. The van der Waals surface area contributed by atoms with Crippen LogP contribution in [0, 0.1) is 6.92 Å². The summed E-state index contributed by atoms with van der Waals surface area (Å²) >= 11 is 1.57. The molecule has 3 rings (SSSR count). The Morgan fingerprint density at radius 2 is 2.27 bits per heavy atom. The van der Waals surface area contributed by atoms with Crippen LogP contribution in [0.2, 0.25) is 0 Å². The molecular formula is C15H15N5OS. The molecule has 0 spiro atoms. The van der Waals surface area contributed by atoms with Gasteiger partial charge in [0.15, 0.2) is 11.6 Å². The summed E-state index contributed by atoms with van der Waals surface area (Å²) in [7, 11) is 0. The Bertz CT molecular complexity index is 794. The van der Waals surface area contributed by atoms with Crippen molar-refractivity contribution in [2.24, 2.45) is 0 Å². The van der Waals surface area contributed by atoms with Gasteiger partial charge in [0, 0.05) is 24.9 Å². The van der Waals surface area contributed by atoms with Crippen LogP contribution in [0.5, 0.6) is 0 Å². The molecule has 22 heavy (non-hydrogen) atoms. The van der Waals surface area contributed by atoms with Crippen LogP contribution in [0.3, 0.4) is 0 Å². The number of thiophene rings is 1. The smallest absolute Gasteiger partial charge is 0.225 e. The average Bonchev–Trinajstić information content (AvgIpc) is 3.18. The van der Waals surface area contributed by atoms with Gasteiger partial charge < -0.3 is 5.32 Å². The molecule has 0 aromatic carbocycles. The highest BCUT2D eigenvalue weighted by Gasteiger charge is 2.12. The van der Waals surface area contributed by atoms with E-state index in [4.69, 9.17) is 0 Å². The van der Waals surface area contributed by atoms with Crippen LogP contribution in [0.4, 0.5) is 5.82 Å². The van der Waals surface area contributed by atoms with Crippen molar-refractivity contribution in [1.82, 2.24) is 19.7 Å². The van der Waals surface area contributed by atoms with Crippen molar-refractivity contribution in [3.63, 3.8) is 0 Å². The zero-order chi connectivity index (χ0) is 15.5. The van der Waals surface area contributed by atoms with Gasteiger partial charge in [-0.1, -0.05) is 6.92 Å². The van der Waals surface area contributed by atoms with Crippen molar-refractivity contribution in [3.05, 3.63) is 41.5 Å². The normalized spacial score (nSPS) is 10.6. The third-order valence-corrected chi connectivity index (χ3v) is 4.12. The van der Waals surface area contributed by atoms with E-state index in [1.165, 1.54) is 0 Å². The van der Waals surface area contributed by atoms with E-state index in [0.29, 0.717) is 23.9 Å². The van der Waals surface area contributed by atoms with E-state index in [1.807, 2.05) is 24.4 Å². The molecule has 7 heteroatoms. The second kappa shape index (κ2) is 6.07. The zero-order valence-corrected chi connectivity index (χ0v) is 13.1. The molecule has 1 N–H and O–H groups in total. The Balaban J connectivity index is 2.09. The van der Waals surface area contributed by atoms with Crippen molar-refractivity contribution in [1.29, 1.82) is 0 Å². The average molecular weight is 313 g/mol. The number of nitrogens with one attached hydrogen (secondary N) is 1. The Hall–Kier alpha value is -2.54. The first kappa shape index (κ1) is 14.4. The van der Waals surface area contributed by atoms with Gasteiger partial charge in [-0.15, -0.1) is 11.3 Å². The first-order valence-corrected chi connectivity index (χ1v) is 7.78. The van der Waals surface area contributed by atoms with E-state index in [-0.39, 0.29) is 5.91 Å². The number of carbonyl (C=O) groups excluding carboxylic acids is 1. The minimum atomic E-state index is -0.0843. The van der Waals surface area contributed by atoms with Gasteiger partial charge in [0.2, 0.25) is 5.91 Å². The predicted molar refractivity (Wildman–Crippen MR) is 86.1 cm³/mol. The maximum Gasteiger partial charge on any atom is 0.225 e. The standard InChI is InChI=1S/C15H15N5OS/c1-3-13(21)17-11-9-12(20-7-4-6-16-20)19-15(18-11)14-10(2)5-8-22-14/h4-9H,3H2,1-2H3,(H,17,18,19,21). The number of nitrogens with zero attached hydrogens (tertiary/aromatic N) is 4. The number of carbonyl (C=O) groups is 1. The quantitative estimate of drug-likeness (QED) is 0.803. The van der Waals surface area contributed by atoms with Crippen molar-refractivity contribution >= 4 is 23.1 Å². The van der Waals surface area contributed by atoms with Crippen molar-refractivity contribution in [2.75, 3.05) is 5.32 Å². The third kappa shape index (κ3) is 2.89. The number of amides is 1. The molecular weight excluding hydrogens is 298 g/mol. The van der Waals surface area contributed by atoms with E-state index in [1.54, 1.807) is 41.4 Å². The lowest BCUT2D eigenvalue weighted by molar-refractivity contribution is -0.115. The second-order valence-electron chi connectivity index (χ2n) is 4.72. The molecule has 0 bridgehead atoms. The largest absolute Gasteiger partial charge is 0.311 e. The summed E-state index contributed by atoms with van der Waals surface area (Å²) in [6, 6.07) is 5.56.